The summed E-state index contributed by atoms with van der Waals surface area (Å²) in [7, 11) is 0. The average Bonchev–Trinajstić information content (AvgIpc) is 2.73. The number of nitrogens with zero attached hydrogens (tertiary/aromatic N) is 1. The van der Waals surface area contributed by atoms with Crippen LogP contribution in [0.25, 0.3) is 0 Å². The standard InChI is InChI=1S/C14H19ClN2O2/c1-13(2)8-4-5-14(3,7-8)11(13)17-10(18)6-9(15)16-12(17)19/h6,8,11H,4-5,7H2,1-3H3,(H,16,19). The molecule has 3 unspecified atom stereocenters. The van der Waals surface area contributed by atoms with E-state index in [0.717, 1.165) is 12.8 Å². The maximum Gasteiger partial charge on any atom is 0.329 e. The summed E-state index contributed by atoms with van der Waals surface area (Å²) in [5, 5.41) is 0.109. The maximum atomic E-state index is 12.2. The first-order valence-corrected chi connectivity index (χ1v) is 7.15. The van der Waals surface area contributed by atoms with Crippen molar-refractivity contribution < 1.29 is 0 Å². The van der Waals surface area contributed by atoms with Crippen molar-refractivity contribution in [3.63, 3.8) is 0 Å². The first kappa shape index (κ1) is 13.0. The number of hydrogen-bond donors (Lipinski definition) is 1. The van der Waals surface area contributed by atoms with Gasteiger partial charge in [0.15, 0.2) is 0 Å². The summed E-state index contributed by atoms with van der Waals surface area (Å²) in [5.74, 6) is 0.587. The second kappa shape index (κ2) is 3.75. The SMILES string of the molecule is CC12CCC(C1)C(C)(C)C2n1c(=O)cc(Cl)[nH]c1=O. The summed E-state index contributed by atoms with van der Waals surface area (Å²) in [5.41, 5.74) is -0.666. The Morgan fingerprint density at radius 3 is 2.58 bits per heavy atom. The fourth-order valence-corrected chi connectivity index (χ4v) is 4.82. The number of rotatable bonds is 1. The molecule has 104 valence electrons. The van der Waals surface area contributed by atoms with Crippen LogP contribution in [0.2, 0.25) is 5.15 Å². The first-order valence-electron chi connectivity index (χ1n) is 6.77. The Hall–Kier alpha value is -1.03. The van der Waals surface area contributed by atoms with E-state index in [1.54, 1.807) is 0 Å². The lowest BCUT2D eigenvalue weighted by Gasteiger charge is -2.43. The minimum Gasteiger partial charge on any atom is -0.298 e. The van der Waals surface area contributed by atoms with Crippen molar-refractivity contribution in [3.05, 3.63) is 32.1 Å². The summed E-state index contributed by atoms with van der Waals surface area (Å²) in [6, 6.07) is 1.25. The van der Waals surface area contributed by atoms with E-state index in [0.29, 0.717) is 5.92 Å². The largest absolute Gasteiger partial charge is 0.329 e. The third kappa shape index (κ3) is 1.65. The smallest absolute Gasteiger partial charge is 0.298 e. The third-order valence-corrected chi connectivity index (χ3v) is 5.59. The molecule has 2 fully saturated rings. The van der Waals surface area contributed by atoms with Crippen LogP contribution in [0.3, 0.4) is 0 Å². The molecule has 0 saturated heterocycles. The van der Waals surface area contributed by atoms with Crippen molar-refractivity contribution in [1.29, 1.82) is 0 Å². The van der Waals surface area contributed by atoms with E-state index in [4.69, 9.17) is 11.6 Å². The molecule has 3 rings (SSSR count). The molecule has 4 nitrogen and oxygen atoms in total. The quantitative estimate of drug-likeness (QED) is 0.805. The zero-order chi connectivity index (χ0) is 14.0. The number of H-pyrrole nitrogens is 1. The molecular formula is C14H19ClN2O2. The highest BCUT2D eigenvalue weighted by molar-refractivity contribution is 6.29. The topological polar surface area (TPSA) is 54.9 Å². The van der Waals surface area contributed by atoms with Crippen molar-refractivity contribution >= 4 is 11.6 Å². The molecule has 0 aromatic carbocycles. The molecule has 0 radical (unpaired) electrons. The van der Waals surface area contributed by atoms with Crippen LogP contribution in [0.5, 0.6) is 0 Å². The van der Waals surface area contributed by atoms with Gasteiger partial charge < -0.3 is 0 Å². The van der Waals surface area contributed by atoms with Crippen molar-refractivity contribution in [3.8, 4) is 0 Å². The van der Waals surface area contributed by atoms with Gasteiger partial charge in [-0.1, -0.05) is 32.4 Å². The highest BCUT2D eigenvalue weighted by Crippen LogP contribution is 2.67. The number of hydrogen-bond acceptors (Lipinski definition) is 2. The molecule has 1 heterocycles. The van der Waals surface area contributed by atoms with E-state index in [9.17, 15) is 9.59 Å². The average molecular weight is 283 g/mol. The van der Waals surface area contributed by atoms with E-state index in [2.05, 4.69) is 25.8 Å². The molecule has 2 aliphatic rings. The second-order valence-electron chi connectivity index (χ2n) is 6.95. The van der Waals surface area contributed by atoms with Gasteiger partial charge in [-0.25, -0.2) is 4.79 Å². The third-order valence-electron chi connectivity index (χ3n) is 5.38. The first-order chi connectivity index (χ1) is 8.75. The van der Waals surface area contributed by atoms with Crippen molar-refractivity contribution in [2.45, 2.75) is 46.1 Å². The van der Waals surface area contributed by atoms with Gasteiger partial charge in [-0.15, -0.1) is 0 Å². The summed E-state index contributed by atoms with van der Waals surface area (Å²) >= 11 is 5.74. The predicted octanol–water partition coefficient (Wildman–Crippen LogP) is 2.58. The van der Waals surface area contributed by atoms with Crippen molar-refractivity contribution in [1.82, 2.24) is 9.55 Å². The van der Waals surface area contributed by atoms with Gasteiger partial charge in [0.2, 0.25) is 0 Å². The lowest BCUT2D eigenvalue weighted by atomic mass is 9.68. The van der Waals surface area contributed by atoms with Gasteiger partial charge in [0.1, 0.15) is 5.15 Å². The Kier molecular flexibility index (Phi) is 2.56. The molecule has 1 aromatic rings. The van der Waals surface area contributed by atoms with Gasteiger partial charge in [-0.2, -0.15) is 0 Å². The number of nitrogens with one attached hydrogen (secondary N) is 1. The predicted molar refractivity (Wildman–Crippen MR) is 74.6 cm³/mol. The zero-order valence-electron chi connectivity index (χ0n) is 11.5. The molecular weight excluding hydrogens is 264 g/mol. The monoisotopic (exact) mass is 282 g/mol. The summed E-state index contributed by atoms with van der Waals surface area (Å²) < 4.78 is 1.39. The second-order valence-corrected chi connectivity index (χ2v) is 7.36. The maximum absolute atomic E-state index is 12.2. The molecule has 3 atom stereocenters. The Bertz CT molecular complexity index is 610. The lowest BCUT2D eigenvalue weighted by Crippen LogP contribution is -2.48. The minimum atomic E-state index is -0.385. The van der Waals surface area contributed by atoms with E-state index in [1.807, 2.05) is 0 Å². The normalized spacial score (nSPS) is 35.8. The van der Waals surface area contributed by atoms with Crippen LogP contribution < -0.4 is 11.2 Å². The molecule has 1 aromatic heterocycles. The van der Waals surface area contributed by atoms with Gasteiger partial charge in [0.25, 0.3) is 5.56 Å². The van der Waals surface area contributed by atoms with Crippen LogP contribution in [0.15, 0.2) is 15.7 Å². The molecule has 5 heteroatoms. The Balaban J connectivity index is 2.23. The molecule has 2 bridgehead atoms. The zero-order valence-corrected chi connectivity index (χ0v) is 12.3. The number of halogens is 1. The van der Waals surface area contributed by atoms with E-state index < -0.39 is 0 Å². The fourth-order valence-electron chi connectivity index (χ4n) is 4.64. The van der Waals surface area contributed by atoms with Crippen LogP contribution in [0.4, 0.5) is 0 Å². The van der Waals surface area contributed by atoms with Gasteiger partial charge in [0.05, 0.1) is 6.04 Å². The molecule has 0 amide bonds. The number of aromatic amines is 1. The highest BCUT2D eigenvalue weighted by Gasteiger charge is 2.60. The summed E-state index contributed by atoms with van der Waals surface area (Å²) in [4.78, 5) is 26.9. The van der Waals surface area contributed by atoms with E-state index in [-0.39, 0.29) is 33.3 Å². The van der Waals surface area contributed by atoms with Gasteiger partial charge >= 0.3 is 5.69 Å². The molecule has 0 aliphatic heterocycles. The van der Waals surface area contributed by atoms with Gasteiger partial charge in [-0.3, -0.25) is 14.3 Å². The van der Waals surface area contributed by atoms with Crippen LogP contribution in [0, 0.1) is 16.7 Å². The van der Waals surface area contributed by atoms with Crippen LogP contribution >= 0.6 is 11.6 Å². The Morgan fingerprint density at radius 2 is 2.05 bits per heavy atom. The number of fused-ring (bicyclic) bond motifs is 2. The Labute approximate surface area is 116 Å². The molecule has 1 N–H and O–H groups in total. The van der Waals surface area contributed by atoms with Crippen LogP contribution in [-0.4, -0.2) is 9.55 Å². The van der Waals surface area contributed by atoms with Crippen molar-refractivity contribution in [2.24, 2.45) is 16.7 Å². The summed E-state index contributed by atoms with van der Waals surface area (Å²) in [6.45, 7) is 6.55. The Morgan fingerprint density at radius 1 is 1.37 bits per heavy atom. The molecule has 2 saturated carbocycles. The summed E-state index contributed by atoms with van der Waals surface area (Å²) in [6.07, 6.45) is 3.37. The van der Waals surface area contributed by atoms with Crippen molar-refractivity contribution in [2.75, 3.05) is 0 Å². The van der Waals surface area contributed by atoms with Crippen LogP contribution in [-0.2, 0) is 0 Å². The van der Waals surface area contributed by atoms with E-state index >= 15 is 0 Å². The fraction of sp³-hybridized carbons (Fsp3) is 0.714. The molecule has 0 spiro atoms. The lowest BCUT2D eigenvalue weighted by molar-refractivity contribution is 0.0769. The van der Waals surface area contributed by atoms with Gasteiger partial charge in [-0.05, 0) is 36.0 Å². The van der Waals surface area contributed by atoms with Crippen LogP contribution in [0.1, 0.15) is 46.1 Å². The molecule has 2 aliphatic carbocycles. The highest BCUT2D eigenvalue weighted by atomic mass is 35.5. The number of aromatic nitrogens is 2. The molecule has 19 heavy (non-hydrogen) atoms. The van der Waals surface area contributed by atoms with Gasteiger partial charge in [0, 0.05) is 6.07 Å². The minimum absolute atomic E-state index is 0.0301. The van der Waals surface area contributed by atoms with E-state index in [1.165, 1.54) is 17.1 Å².